The van der Waals surface area contributed by atoms with E-state index in [9.17, 15) is 20.1 Å². The number of aromatic hydroxyl groups is 1. The number of aliphatic carboxylic acids is 1. The monoisotopic (exact) mass is 663 g/mol. The molecule has 1 aliphatic heterocycles. The number of hydrogen-bond acceptors (Lipinski definition) is 7. The van der Waals surface area contributed by atoms with Gasteiger partial charge in [0.1, 0.15) is 23.9 Å². The normalized spacial score (nSPS) is 18.3. The summed E-state index contributed by atoms with van der Waals surface area (Å²) in [5.41, 5.74) is 2.92. The number of aliphatic hydroxyl groups is 1. The van der Waals surface area contributed by atoms with Gasteiger partial charge in [0.25, 0.3) is 0 Å². The number of phenols is 1. The molecule has 1 radical (unpaired) electrons. The molecule has 0 amide bonds. The summed E-state index contributed by atoms with van der Waals surface area (Å²) in [7, 11) is 1.53. The number of ether oxygens (including phenoxy) is 4. The molecule has 1 aliphatic carbocycles. The SMILES string of the molecule is CCCC.COc1ccc([C@@H]2c3cc(O)ccc3[C@H](c3ccc4c(c3)OCO4)[C@H]2C(=O)O)c(OCCO)c1.[Pr]. The van der Waals surface area contributed by atoms with Crippen molar-refractivity contribution in [3.05, 3.63) is 76.9 Å². The first-order chi connectivity index (χ1) is 18.4. The van der Waals surface area contributed by atoms with Gasteiger partial charge in [0.2, 0.25) is 6.79 Å². The fourth-order valence-electron chi connectivity index (χ4n) is 5.01. The van der Waals surface area contributed by atoms with E-state index in [2.05, 4.69) is 13.8 Å². The van der Waals surface area contributed by atoms with Crippen LogP contribution in [0, 0.1) is 47.2 Å². The van der Waals surface area contributed by atoms with Crippen LogP contribution in [-0.2, 0) is 4.79 Å². The van der Waals surface area contributed by atoms with E-state index < -0.39 is 23.7 Å². The molecule has 3 atom stereocenters. The number of fused-ring (bicyclic) bond motifs is 2. The van der Waals surface area contributed by atoms with Crippen LogP contribution in [0.15, 0.2) is 54.6 Å². The Labute approximate surface area is 261 Å². The number of rotatable bonds is 8. The van der Waals surface area contributed by atoms with Crippen molar-refractivity contribution in [3.8, 4) is 28.7 Å². The second-order valence-electron chi connectivity index (χ2n) is 9.22. The van der Waals surface area contributed by atoms with Gasteiger partial charge in [-0.15, -0.1) is 0 Å². The second-order valence-corrected chi connectivity index (χ2v) is 9.22. The number of methoxy groups -OCH3 is 1. The van der Waals surface area contributed by atoms with Gasteiger partial charge in [-0.3, -0.25) is 4.79 Å². The number of unbranched alkanes of at least 4 members (excludes halogenated alkanes) is 1. The predicted octanol–water partition coefficient (Wildman–Crippen LogP) is 5.29. The van der Waals surface area contributed by atoms with Crippen LogP contribution in [0.5, 0.6) is 28.7 Å². The Bertz CT molecular complexity index is 1280. The number of aliphatic hydroxyl groups excluding tert-OH is 1. The van der Waals surface area contributed by atoms with Crippen molar-refractivity contribution >= 4 is 5.97 Å². The Kier molecular flexibility index (Phi) is 11.3. The fraction of sp³-hybridized carbons (Fsp3) is 0.367. The van der Waals surface area contributed by atoms with Crippen LogP contribution >= 0.6 is 0 Å². The van der Waals surface area contributed by atoms with Crippen molar-refractivity contribution in [1.29, 1.82) is 0 Å². The molecule has 39 heavy (non-hydrogen) atoms. The van der Waals surface area contributed by atoms with Crippen LogP contribution in [0.25, 0.3) is 0 Å². The standard InChI is InChI=1S/C26H24O8.C4H10.Pr/c1-31-16-4-6-18(21(12-16)32-9-8-27)24-19-11-15(28)3-5-17(19)23(25(24)26(29)30)14-2-7-20-22(10-14)34-13-33-20;1-3-4-2;/h2-7,10-12,23-25,27-28H,8-9,13H2,1H3,(H,29,30);3-4H2,1-2H3;/t23-,24+,25+;;/m0../s1. The van der Waals surface area contributed by atoms with Crippen molar-refractivity contribution < 1.29 is 80.4 Å². The number of benzene rings is 3. The average molecular weight is 664 g/mol. The molecule has 3 N–H and O–H groups in total. The van der Waals surface area contributed by atoms with Crippen molar-refractivity contribution in [2.24, 2.45) is 5.92 Å². The minimum Gasteiger partial charge on any atom is -0.508 e. The van der Waals surface area contributed by atoms with Crippen LogP contribution in [0.2, 0.25) is 0 Å². The van der Waals surface area contributed by atoms with E-state index >= 15 is 0 Å². The summed E-state index contributed by atoms with van der Waals surface area (Å²) in [6, 6.07) is 15.6. The van der Waals surface area contributed by atoms with Gasteiger partial charge in [-0.05, 0) is 47.0 Å². The van der Waals surface area contributed by atoms with Crippen LogP contribution in [-0.4, -0.2) is 48.4 Å². The van der Waals surface area contributed by atoms with E-state index in [0.717, 1.165) is 11.1 Å². The molecule has 2 aliphatic rings. The summed E-state index contributed by atoms with van der Waals surface area (Å²) in [4.78, 5) is 12.8. The summed E-state index contributed by atoms with van der Waals surface area (Å²) in [5, 5.41) is 30.1. The zero-order valence-electron chi connectivity index (χ0n) is 22.4. The molecule has 5 rings (SSSR count). The first-order valence-corrected chi connectivity index (χ1v) is 12.8. The Morgan fingerprint density at radius 1 is 0.923 bits per heavy atom. The molecule has 0 unspecified atom stereocenters. The maximum Gasteiger partial charge on any atom is 0.308 e. The smallest absolute Gasteiger partial charge is 0.308 e. The summed E-state index contributed by atoms with van der Waals surface area (Å²) < 4.78 is 22.1. The minimum absolute atomic E-state index is 0. The quantitative estimate of drug-likeness (QED) is 0.298. The summed E-state index contributed by atoms with van der Waals surface area (Å²) in [5.74, 6) is -0.780. The molecule has 0 saturated heterocycles. The number of carboxylic acid groups (broad SMARTS) is 1. The Morgan fingerprint density at radius 2 is 1.64 bits per heavy atom. The molecule has 0 fully saturated rings. The number of hydrogen-bond donors (Lipinski definition) is 3. The van der Waals surface area contributed by atoms with E-state index in [4.69, 9.17) is 18.9 Å². The van der Waals surface area contributed by atoms with Gasteiger partial charge in [0, 0.05) is 64.8 Å². The molecular weight excluding hydrogens is 629 g/mol. The van der Waals surface area contributed by atoms with Gasteiger partial charge in [0.15, 0.2) is 11.5 Å². The van der Waals surface area contributed by atoms with Gasteiger partial charge in [0.05, 0.1) is 19.6 Å². The van der Waals surface area contributed by atoms with Crippen LogP contribution < -0.4 is 18.9 Å². The zero-order valence-corrected chi connectivity index (χ0v) is 26.1. The summed E-state index contributed by atoms with van der Waals surface area (Å²) >= 11 is 0. The van der Waals surface area contributed by atoms with Gasteiger partial charge >= 0.3 is 5.97 Å². The third-order valence-electron chi connectivity index (χ3n) is 6.90. The Morgan fingerprint density at radius 3 is 2.31 bits per heavy atom. The minimum atomic E-state index is -0.979. The first kappa shape index (κ1) is 31.0. The molecule has 0 saturated carbocycles. The van der Waals surface area contributed by atoms with Gasteiger partial charge in [-0.25, -0.2) is 0 Å². The maximum absolute atomic E-state index is 12.8. The third kappa shape index (κ3) is 6.61. The Hall–Kier alpha value is -2.55. The van der Waals surface area contributed by atoms with E-state index in [0.29, 0.717) is 34.1 Å². The van der Waals surface area contributed by atoms with Crippen LogP contribution in [0.3, 0.4) is 0 Å². The fourth-order valence-corrected chi connectivity index (χ4v) is 5.01. The van der Waals surface area contributed by atoms with Crippen molar-refractivity contribution in [2.75, 3.05) is 27.1 Å². The van der Waals surface area contributed by atoms with Gasteiger partial charge in [-0.2, -0.15) is 0 Å². The van der Waals surface area contributed by atoms with Gasteiger partial charge < -0.3 is 34.3 Å². The zero-order chi connectivity index (χ0) is 27.2. The molecule has 8 nitrogen and oxygen atoms in total. The van der Waals surface area contributed by atoms with Crippen molar-refractivity contribution in [3.63, 3.8) is 0 Å². The molecule has 1 heterocycles. The predicted molar refractivity (Wildman–Crippen MR) is 142 cm³/mol. The molecular formula is C30H34O8Pr. The topological polar surface area (TPSA) is 115 Å². The van der Waals surface area contributed by atoms with E-state index in [1.165, 1.54) is 20.0 Å². The van der Waals surface area contributed by atoms with Crippen molar-refractivity contribution in [2.45, 2.75) is 38.5 Å². The summed E-state index contributed by atoms with van der Waals surface area (Å²) in [6.45, 7) is 4.33. The van der Waals surface area contributed by atoms with E-state index in [1.807, 2.05) is 12.1 Å². The van der Waals surface area contributed by atoms with Gasteiger partial charge in [-0.1, -0.05) is 44.9 Å². The number of carbonyl (C=O) groups is 1. The first-order valence-electron chi connectivity index (χ1n) is 12.8. The van der Waals surface area contributed by atoms with Crippen molar-refractivity contribution in [1.82, 2.24) is 0 Å². The average Bonchev–Trinajstić information content (AvgIpc) is 3.53. The van der Waals surface area contributed by atoms with E-state index in [-0.39, 0.29) is 67.0 Å². The van der Waals surface area contributed by atoms with Crippen LogP contribution in [0.4, 0.5) is 0 Å². The van der Waals surface area contributed by atoms with E-state index in [1.54, 1.807) is 42.5 Å². The molecule has 205 valence electrons. The summed E-state index contributed by atoms with van der Waals surface area (Å²) in [6.07, 6.45) is 2.64. The maximum atomic E-state index is 12.8. The Balaban J connectivity index is 0.000000788. The number of phenolic OH excluding ortho intramolecular Hbond substituents is 1. The molecule has 0 bridgehead atoms. The molecule has 9 heteroatoms. The number of carboxylic acids is 1. The molecule has 3 aromatic carbocycles. The molecule has 0 spiro atoms. The largest absolute Gasteiger partial charge is 0.508 e. The molecule has 3 aromatic rings. The second kappa shape index (κ2) is 14.2. The molecule has 0 aromatic heterocycles. The van der Waals surface area contributed by atoms with Crippen LogP contribution in [0.1, 0.15) is 60.8 Å². The third-order valence-corrected chi connectivity index (χ3v) is 6.90.